The number of aliphatic hydroxyl groups excluding tert-OH is 30. The smallest absolute Gasteiger partial charge is 0.229 e. The maximum absolute atomic E-state index is 11.8. The van der Waals surface area contributed by atoms with Crippen LogP contribution in [-0.4, -0.2) is 405 Å². The summed E-state index contributed by atoms with van der Waals surface area (Å²) in [4.78, 5) is 49.0. The van der Waals surface area contributed by atoms with Crippen molar-refractivity contribution in [1.29, 1.82) is 0 Å². The molecule has 1 heterocycles. The number of nitrogens with zero attached hydrogens (tertiary/aromatic N) is 1. The summed E-state index contributed by atoms with van der Waals surface area (Å²) in [6.07, 6.45) is -30.0. The Morgan fingerprint density at radius 3 is 1.14 bits per heavy atom. The van der Waals surface area contributed by atoms with Crippen LogP contribution in [0, 0.1) is 94.7 Å². The van der Waals surface area contributed by atoms with Crippen molar-refractivity contribution in [3.63, 3.8) is 0 Å². The van der Waals surface area contributed by atoms with Crippen LogP contribution in [0.15, 0.2) is 16.8 Å². The van der Waals surface area contributed by atoms with E-state index in [0.717, 1.165) is 0 Å². The highest BCUT2D eigenvalue weighted by Crippen LogP contribution is 2.31. The number of aliphatic hydroxyl groups is 31. The molecular weight excluding hydrogens is 1670 g/mol. The van der Waals surface area contributed by atoms with E-state index in [9.17, 15) is 106 Å². The molecule has 0 aromatic carbocycles. The lowest BCUT2D eigenvalue weighted by Gasteiger charge is -2.42. The lowest BCUT2D eigenvalue weighted by molar-refractivity contribution is -0.318. The molecule has 39 heteroatoms. The Morgan fingerprint density at radius 1 is 0.433 bits per heavy atom. The van der Waals surface area contributed by atoms with E-state index in [1.54, 1.807) is 0 Å². The van der Waals surface area contributed by atoms with Crippen LogP contribution in [0.5, 0.6) is 0 Å². The number of aldehydes is 1. The van der Waals surface area contributed by atoms with Crippen LogP contribution in [0.2, 0.25) is 0 Å². The summed E-state index contributed by atoms with van der Waals surface area (Å²) < 4.78 is 5.10. The summed E-state index contributed by atoms with van der Waals surface area (Å²) in [6.45, 7) is 45.9. The van der Waals surface area contributed by atoms with Gasteiger partial charge in [0.1, 0.15) is 134 Å². The summed E-state index contributed by atoms with van der Waals surface area (Å²) in [7, 11) is 0. The van der Waals surface area contributed by atoms with Gasteiger partial charge >= 0.3 is 0 Å². The summed E-state index contributed by atoms with van der Waals surface area (Å²) in [5.74, 6) is 1.18. The molecule has 2 aliphatic rings. The lowest BCUT2D eigenvalue weighted by atomic mass is 9.81. The second-order valence-corrected chi connectivity index (χ2v) is 37.4. The fraction of sp³-hybridized carbons (Fsp3) is 0.920. The van der Waals surface area contributed by atoms with E-state index in [1.807, 2.05) is 27.7 Å². The molecule has 0 radical (unpaired) electrons. The van der Waals surface area contributed by atoms with Gasteiger partial charge in [0.2, 0.25) is 17.4 Å². The topological polar surface area (TPSA) is 755 Å². The first kappa shape index (κ1) is 134. The molecule has 25 atom stereocenters. The minimum atomic E-state index is -1.87. The summed E-state index contributed by atoms with van der Waals surface area (Å²) in [5, 5.41) is 288. The lowest BCUT2D eigenvalue weighted by Crippen LogP contribution is -2.65. The summed E-state index contributed by atoms with van der Waals surface area (Å²) in [6, 6.07) is 0.528. The zero-order chi connectivity index (χ0) is 101. The van der Waals surface area contributed by atoms with Gasteiger partial charge in [-0.1, -0.05) is 166 Å². The maximum Gasteiger partial charge on any atom is 0.229 e. The number of hydrogen-bond acceptors (Lipinski definition) is 39. The van der Waals surface area contributed by atoms with E-state index in [0.29, 0.717) is 102 Å². The van der Waals surface area contributed by atoms with E-state index in [1.165, 1.54) is 12.3 Å². The predicted octanol–water partition coefficient (Wildman–Crippen LogP) is -4.37. The van der Waals surface area contributed by atoms with E-state index >= 15 is 0 Å². The normalized spacial score (nSPS) is 23.3. The van der Waals surface area contributed by atoms with Crippen molar-refractivity contribution in [2.45, 2.75) is 369 Å². The number of ether oxygens (including phenoxy) is 1. The molecule has 1 aliphatic heterocycles. The SMILES string of the molecule is CC(C)C(C/C=C(\O)[C@@H](O)[C@H](O)[C@H](O)CO)C(C)C.CC(C)C(CCC(=O)C(=O)[C@H](O)[C@H](O)CO)C(C)C.CC(C)C(CCC(=O)[C@@H](O)[C@H](O)[C@H](O)CO)C(C)C.CC(C)C(N)C(C)C.CC(C)C(N=C[C@H](O)[C@@H](O)[C@H](O)[C@H](O)CO)C(C)C.CC(C)C(NCC1(O)OCC(O)C(O)C1O)C(C)C.O=C[C@H](O)[C@@H](O)[C@H](O)[C@H](O)CO.OCC1CC(O)C(O)C(O)C1O. The molecule has 9 unspecified atom stereocenters. The number of Topliss-reactive ketones (excluding diaryl/α,β-unsaturated/α-hetero) is 3. The third-order valence-corrected chi connectivity index (χ3v) is 22.8. The quantitative estimate of drug-likeness (QED) is 0.0118. The Bertz CT molecular complexity index is 2760. The second-order valence-electron chi connectivity index (χ2n) is 37.4. The van der Waals surface area contributed by atoms with E-state index < -0.39 is 202 Å². The first-order chi connectivity index (χ1) is 58.2. The molecule has 0 aromatic heterocycles. The minimum Gasteiger partial charge on any atom is -0.510 e. The zero-order valence-corrected chi connectivity index (χ0v) is 79.8. The van der Waals surface area contributed by atoms with Crippen molar-refractivity contribution in [3.8, 4) is 0 Å². The number of ketones is 3. The molecule has 2 rings (SSSR count). The average Bonchev–Trinajstić information content (AvgIpc) is 0.793. The van der Waals surface area contributed by atoms with Crippen molar-refractivity contribution >= 4 is 29.9 Å². The van der Waals surface area contributed by atoms with Crippen molar-refractivity contribution in [2.75, 3.05) is 52.8 Å². The molecule has 1 saturated carbocycles. The maximum atomic E-state index is 11.8. The van der Waals surface area contributed by atoms with Crippen LogP contribution in [0.25, 0.3) is 0 Å². The fourth-order valence-corrected chi connectivity index (χ4v) is 14.2. The number of nitrogens with one attached hydrogen (secondary N) is 1. The molecule has 1 saturated heterocycles. The Morgan fingerprint density at radius 2 is 0.803 bits per heavy atom. The molecule has 2 fully saturated rings. The van der Waals surface area contributed by atoms with Crippen LogP contribution < -0.4 is 11.1 Å². The van der Waals surface area contributed by atoms with E-state index in [4.69, 9.17) is 82.0 Å². The molecule has 127 heavy (non-hydrogen) atoms. The van der Waals surface area contributed by atoms with E-state index in [-0.39, 0.29) is 75.0 Å². The Kier molecular flexibility index (Phi) is 74.3. The number of carbonyl (C=O) groups is 4. The number of nitrogens with two attached hydrogens (primary N) is 1. The highest BCUT2D eigenvalue weighted by molar-refractivity contribution is 6.38. The largest absolute Gasteiger partial charge is 0.510 e. The Balaban J connectivity index is -0.000000333. The predicted molar refractivity (Wildman–Crippen MR) is 475 cm³/mol. The fourth-order valence-electron chi connectivity index (χ4n) is 14.2. The molecule has 34 N–H and O–H groups in total. The zero-order valence-electron chi connectivity index (χ0n) is 79.8. The molecule has 0 aromatic rings. The number of hydrogen-bond donors (Lipinski definition) is 33. The first-order valence-electron chi connectivity index (χ1n) is 44.4. The van der Waals surface area contributed by atoms with Crippen LogP contribution in [0.1, 0.15) is 205 Å². The number of aliphatic imine (C=N–C) groups is 1. The van der Waals surface area contributed by atoms with Gasteiger partial charge in [0.15, 0.2) is 12.1 Å². The van der Waals surface area contributed by atoms with Gasteiger partial charge in [-0.3, -0.25) is 19.4 Å². The Labute approximate surface area is 753 Å². The minimum absolute atomic E-state index is 0.00102. The number of rotatable bonds is 47. The van der Waals surface area contributed by atoms with Gasteiger partial charge in [-0.2, -0.15) is 0 Å². The molecule has 0 amide bonds. The monoisotopic (exact) mass is 1850 g/mol. The molecule has 762 valence electrons. The van der Waals surface area contributed by atoms with Crippen LogP contribution in [0.3, 0.4) is 0 Å². The van der Waals surface area contributed by atoms with Gasteiger partial charge < -0.3 is 179 Å². The van der Waals surface area contributed by atoms with Gasteiger partial charge in [-0.05, 0) is 121 Å². The van der Waals surface area contributed by atoms with Crippen LogP contribution >= 0.6 is 0 Å². The highest BCUT2D eigenvalue weighted by Gasteiger charge is 2.49. The van der Waals surface area contributed by atoms with E-state index in [2.05, 4.69) is 149 Å². The number of carbonyl (C=O) groups excluding carboxylic acids is 4. The van der Waals surface area contributed by atoms with Crippen LogP contribution in [-0.2, 0) is 23.9 Å². The van der Waals surface area contributed by atoms with Gasteiger partial charge in [0.25, 0.3) is 0 Å². The van der Waals surface area contributed by atoms with Crippen molar-refractivity contribution in [2.24, 2.45) is 105 Å². The third-order valence-electron chi connectivity index (χ3n) is 22.8. The molecule has 0 spiro atoms. The van der Waals surface area contributed by atoms with Gasteiger partial charge in [0, 0.05) is 43.7 Å². The molecule has 39 nitrogen and oxygen atoms in total. The first-order valence-corrected chi connectivity index (χ1v) is 44.4. The summed E-state index contributed by atoms with van der Waals surface area (Å²) in [5.41, 5.74) is 5.76. The molecule has 0 bridgehead atoms. The van der Waals surface area contributed by atoms with Crippen LogP contribution in [0.4, 0.5) is 0 Å². The van der Waals surface area contributed by atoms with Crippen molar-refractivity contribution in [3.05, 3.63) is 11.8 Å². The van der Waals surface area contributed by atoms with Gasteiger partial charge in [-0.25, -0.2) is 0 Å². The average molecular weight is 1860 g/mol. The molecular formula is C88H179N3O36. The van der Waals surface area contributed by atoms with Gasteiger partial charge in [-0.15, -0.1) is 0 Å². The van der Waals surface area contributed by atoms with Crippen molar-refractivity contribution in [1.82, 2.24) is 5.32 Å². The van der Waals surface area contributed by atoms with Gasteiger partial charge in [0.05, 0.1) is 64.4 Å². The van der Waals surface area contributed by atoms with Crippen molar-refractivity contribution < 1.29 is 182 Å². The highest BCUT2D eigenvalue weighted by atomic mass is 16.7. The molecule has 1 aliphatic carbocycles. The number of allylic oxidation sites excluding steroid dienone is 1. The summed E-state index contributed by atoms with van der Waals surface area (Å²) >= 11 is 0. The Hall–Kier alpha value is -3.43. The second kappa shape index (κ2) is 70.3. The third kappa shape index (κ3) is 52.3. The standard InChI is InChI=1S/2C14H28O5.C14H26O5.2C13H27NO5.C7H17N.C7H14O5.C6H12O6/c3*1-8(2)10(9(3)4)5-6-11(16)13(18)14(19)12(17)7-15;1-7(2)10(8(3)4)14-6-13(18)12(17)11(16)9(15)5-19-13;1-7(2)11(8(3)4)14-5-9(16)12(18)13(19)10(17)6-15;1-5(2)7(8)6(3)4;8-2-3-1-4(9)6(11)7(12)5(3)10;7-1-3(9)5(11)6(12)4(10)2-8/h8-10,12-15,17-19H,5-7H2,1-4H3;6,8-10,12-19H,5,7H2,1-4H3;8-10,12,14-15,17,19H,5-7H2,1-4H3;7-12,14-18H,5-6H2,1-4H3;5,7-13,15-19H,6H2,1-4H3;5-7H,8H2,1-4H3;3-12H,1-2H2;1,3-6,8-12H,2H2/b;11-6-;;;;;;/t2*12-,13-,14-;12-,14-;;9-,10+,12+,13+;;;3-,4+,5+,6+/m111.0..0/s1.